The summed E-state index contributed by atoms with van der Waals surface area (Å²) in [6, 6.07) is 3.70. The molecular weight excluding hydrogens is 264 g/mol. The van der Waals surface area contributed by atoms with Gasteiger partial charge in [-0.15, -0.1) is 11.3 Å². The average molecular weight is 280 g/mol. The zero-order chi connectivity index (χ0) is 13.8. The third-order valence-corrected chi connectivity index (χ3v) is 3.57. The van der Waals surface area contributed by atoms with Crippen LogP contribution in [0.4, 0.5) is 0 Å². The molecule has 5 nitrogen and oxygen atoms in total. The van der Waals surface area contributed by atoms with E-state index < -0.39 is 0 Å². The van der Waals surface area contributed by atoms with E-state index in [0.29, 0.717) is 29.6 Å². The molecule has 2 aromatic rings. The number of hydrogen-bond donors (Lipinski definition) is 1. The molecule has 2 aromatic heterocycles. The van der Waals surface area contributed by atoms with Gasteiger partial charge in [-0.25, -0.2) is 4.98 Å². The first kappa shape index (κ1) is 13.8. The lowest BCUT2D eigenvalue weighted by atomic mass is 10.3. The Morgan fingerprint density at radius 2 is 2.32 bits per heavy atom. The zero-order valence-electron chi connectivity index (χ0n) is 10.9. The van der Waals surface area contributed by atoms with Gasteiger partial charge in [0.2, 0.25) is 0 Å². The molecule has 0 aliphatic carbocycles. The van der Waals surface area contributed by atoms with Crippen molar-refractivity contribution in [2.45, 2.75) is 13.8 Å². The first-order chi connectivity index (χ1) is 9.15. The molecule has 0 bridgehead atoms. The van der Waals surface area contributed by atoms with Crippen molar-refractivity contribution in [3.05, 3.63) is 29.0 Å². The highest BCUT2D eigenvalue weighted by Crippen LogP contribution is 2.25. The summed E-state index contributed by atoms with van der Waals surface area (Å²) in [6.45, 7) is 4.56. The lowest BCUT2D eigenvalue weighted by Crippen LogP contribution is -2.33. The van der Waals surface area contributed by atoms with Crippen molar-refractivity contribution in [1.29, 1.82) is 0 Å². The van der Waals surface area contributed by atoms with Crippen LogP contribution >= 0.6 is 11.3 Å². The number of carbonyl (C=O) groups is 1. The lowest BCUT2D eigenvalue weighted by molar-refractivity contribution is 0.0727. The van der Waals surface area contributed by atoms with Gasteiger partial charge in [-0.05, 0) is 26.0 Å². The minimum absolute atomic E-state index is 0.0477. The number of carbonyl (C=O) groups excluding carboxylic acids is 1. The summed E-state index contributed by atoms with van der Waals surface area (Å²) in [5.41, 5.74) is 0.393. The van der Waals surface area contributed by atoms with E-state index in [0.717, 1.165) is 5.76 Å². The number of likely N-dealkylation sites (N-methyl/N-ethyl adjacent to an activating group) is 1. The SMILES string of the molecule is CCN(CCO)C(=O)c1csc(-c2ccc(C)o2)n1. The van der Waals surface area contributed by atoms with Crippen LogP contribution in [0.5, 0.6) is 0 Å². The minimum atomic E-state index is -0.165. The fourth-order valence-electron chi connectivity index (χ4n) is 1.72. The Balaban J connectivity index is 2.18. The topological polar surface area (TPSA) is 66.6 Å². The number of rotatable bonds is 5. The van der Waals surface area contributed by atoms with Crippen molar-refractivity contribution in [2.24, 2.45) is 0 Å². The molecule has 19 heavy (non-hydrogen) atoms. The monoisotopic (exact) mass is 280 g/mol. The van der Waals surface area contributed by atoms with E-state index in [1.165, 1.54) is 11.3 Å². The number of nitrogens with zero attached hydrogens (tertiary/aromatic N) is 2. The van der Waals surface area contributed by atoms with Crippen molar-refractivity contribution < 1.29 is 14.3 Å². The van der Waals surface area contributed by atoms with E-state index in [-0.39, 0.29) is 12.5 Å². The Labute approximate surface area is 115 Å². The Morgan fingerprint density at radius 1 is 1.53 bits per heavy atom. The van der Waals surface area contributed by atoms with E-state index in [1.54, 1.807) is 10.3 Å². The summed E-state index contributed by atoms with van der Waals surface area (Å²) in [5, 5.41) is 11.3. The molecule has 0 radical (unpaired) electrons. The molecule has 6 heteroatoms. The maximum absolute atomic E-state index is 12.1. The molecule has 0 saturated carbocycles. The van der Waals surface area contributed by atoms with Crippen molar-refractivity contribution >= 4 is 17.2 Å². The number of hydrogen-bond acceptors (Lipinski definition) is 5. The Kier molecular flexibility index (Phi) is 4.34. The predicted molar refractivity (Wildman–Crippen MR) is 73.2 cm³/mol. The van der Waals surface area contributed by atoms with Crippen LogP contribution in [0.15, 0.2) is 21.9 Å². The predicted octanol–water partition coefficient (Wildman–Crippen LogP) is 2.17. The molecule has 0 spiro atoms. The molecular formula is C13H16N2O3S. The molecule has 0 atom stereocenters. The van der Waals surface area contributed by atoms with Crippen LogP contribution in [0.1, 0.15) is 23.2 Å². The second-order valence-electron chi connectivity index (χ2n) is 4.06. The smallest absolute Gasteiger partial charge is 0.273 e. The van der Waals surface area contributed by atoms with Crippen LogP contribution in [0.25, 0.3) is 10.8 Å². The maximum atomic E-state index is 12.1. The number of aliphatic hydroxyl groups excluding tert-OH is 1. The fourth-order valence-corrected chi connectivity index (χ4v) is 2.47. The van der Waals surface area contributed by atoms with Gasteiger partial charge < -0.3 is 14.4 Å². The van der Waals surface area contributed by atoms with Crippen molar-refractivity contribution in [1.82, 2.24) is 9.88 Å². The normalized spacial score (nSPS) is 10.7. The van der Waals surface area contributed by atoms with E-state index in [9.17, 15) is 4.79 Å². The van der Waals surface area contributed by atoms with Crippen LogP contribution < -0.4 is 0 Å². The lowest BCUT2D eigenvalue weighted by Gasteiger charge is -2.17. The summed E-state index contributed by atoms with van der Waals surface area (Å²) in [5.74, 6) is 1.32. The van der Waals surface area contributed by atoms with Gasteiger partial charge in [-0.1, -0.05) is 0 Å². The molecule has 102 valence electrons. The third kappa shape index (κ3) is 3.02. The Hall–Kier alpha value is -1.66. The molecule has 0 saturated heterocycles. The van der Waals surface area contributed by atoms with E-state index >= 15 is 0 Å². The number of aryl methyl sites for hydroxylation is 1. The molecule has 0 aliphatic heterocycles. The molecule has 0 aromatic carbocycles. The standard InChI is InChI=1S/C13H16N2O3S/c1-3-15(6-7-16)13(17)10-8-19-12(14-10)11-5-4-9(2)18-11/h4-5,8,16H,3,6-7H2,1-2H3. The van der Waals surface area contributed by atoms with E-state index in [2.05, 4.69) is 4.98 Å². The summed E-state index contributed by atoms with van der Waals surface area (Å²) in [4.78, 5) is 18.0. The van der Waals surface area contributed by atoms with Crippen LogP contribution in [0.2, 0.25) is 0 Å². The average Bonchev–Trinajstić information content (AvgIpc) is 3.03. The molecule has 1 amide bonds. The Bertz CT molecular complexity index is 562. The van der Waals surface area contributed by atoms with Gasteiger partial charge in [0, 0.05) is 18.5 Å². The Morgan fingerprint density at radius 3 is 2.89 bits per heavy atom. The number of aromatic nitrogens is 1. The van der Waals surface area contributed by atoms with Gasteiger partial charge in [-0.3, -0.25) is 4.79 Å². The summed E-state index contributed by atoms with van der Waals surface area (Å²) >= 11 is 1.38. The fraction of sp³-hybridized carbons (Fsp3) is 0.385. The largest absolute Gasteiger partial charge is 0.459 e. The van der Waals surface area contributed by atoms with Crippen LogP contribution in [-0.2, 0) is 0 Å². The van der Waals surface area contributed by atoms with Crippen LogP contribution in [0.3, 0.4) is 0 Å². The van der Waals surface area contributed by atoms with E-state index in [1.807, 2.05) is 26.0 Å². The van der Waals surface area contributed by atoms with Gasteiger partial charge in [-0.2, -0.15) is 0 Å². The summed E-state index contributed by atoms with van der Waals surface area (Å²) in [6.07, 6.45) is 0. The third-order valence-electron chi connectivity index (χ3n) is 2.71. The quantitative estimate of drug-likeness (QED) is 0.911. The minimum Gasteiger partial charge on any atom is -0.459 e. The van der Waals surface area contributed by atoms with Gasteiger partial charge in [0.05, 0.1) is 6.61 Å². The highest BCUT2D eigenvalue weighted by atomic mass is 32.1. The molecule has 2 rings (SSSR count). The molecule has 0 fully saturated rings. The first-order valence-electron chi connectivity index (χ1n) is 6.08. The van der Waals surface area contributed by atoms with Crippen molar-refractivity contribution in [3.63, 3.8) is 0 Å². The summed E-state index contributed by atoms with van der Waals surface area (Å²) in [7, 11) is 0. The number of amides is 1. The number of thiazole rings is 1. The second-order valence-corrected chi connectivity index (χ2v) is 4.91. The number of aliphatic hydroxyl groups is 1. The van der Waals surface area contributed by atoms with Crippen molar-refractivity contribution in [2.75, 3.05) is 19.7 Å². The highest BCUT2D eigenvalue weighted by molar-refractivity contribution is 7.13. The first-order valence-corrected chi connectivity index (χ1v) is 6.96. The van der Waals surface area contributed by atoms with Crippen LogP contribution in [0, 0.1) is 6.92 Å². The van der Waals surface area contributed by atoms with Gasteiger partial charge in [0.25, 0.3) is 5.91 Å². The molecule has 0 aliphatic rings. The van der Waals surface area contributed by atoms with Crippen molar-refractivity contribution in [3.8, 4) is 10.8 Å². The summed E-state index contributed by atoms with van der Waals surface area (Å²) < 4.78 is 5.48. The van der Waals surface area contributed by atoms with Gasteiger partial charge >= 0.3 is 0 Å². The van der Waals surface area contributed by atoms with Gasteiger partial charge in [0.15, 0.2) is 10.8 Å². The molecule has 2 heterocycles. The number of furan rings is 1. The van der Waals surface area contributed by atoms with E-state index in [4.69, 9.17) is 9.52 Å². The zero-order valence-corrected chi connectivity index (χ0v) is 11.7. The maximum Gasteiger partial charge on any atom is 0.273 e. The highest BCUT2D eigenvalue weighted by Gasteiger charge is 2.18. The molecule has 1 N–H and O–H groups in total. The van der Waals surface area contributed by atoms with Gasteiger partial charge in [0.1, 0.15) is 11.5 Å². The van der Waals surface area contributed by atoms with Crippen LogP contribution in [-0.4, -0.2) is 40.6 Å². The second kappa shape index (κ2) is 5.99. The molecule has 0 unspecified atom stereocenters.